The van der Waals surface area contributed by atoms with Crippen LogP contribution in [0.2, 0.25) is 0 Å². The molecule has 5 rings (SSSR count). The Morgan fingerprint density at radius 3 is 2.39 bits per heavy atom. The van der Waals surface area contributed by atoms with E-state index < -0.39 is 29.4 Å². The fourth-order valence-electron chi connectivity index (χ4n) is 4.78. The number of benzene rings is 3. The minimum atomic E-state index is -0.920. The molecule has 0 unspecified atom stereocenters. The van der Waals surface area contributed by atoms with Gasteiger partial charge in [-0.2, -0.15) is 0 Å². The van der Waals surface area contributed by atoms with Gasteiger partial charge in [0.15, 0.2) is 22.9 Å². The minimum absolute atomic E-state index is 0.117. The number of esters is 2. The number of hydrogen-bond donors (Lipinski definition) is 0. The van der Waals surface area contributed by atoms with E-state index in [1.165, 1.54) is 23.8 Å². The summed E-state index contributed by atoms with van der Waals surface area (Å²) in [5.74, 6) is -0.887. The molecule has 0 saturated heterocycles. The van der Waals surface area contributed by atoms with Gasteiger partial charge in [-0.3, -0.25) is 9.36 Å². The van der Waals surface area contributed by atoms with Crippen LogP contribution in [0.25, 0.3) is 11.8 Å². The van der Waals surface area contributed by atoms with Crippen molar-refractivity contribution in [3.8, 4) is 11.5 Å². The maximum Gasteiger partial charge on any atom is 0.344 e. The number of nitrogens with zero attached hydrogens (tertiary/aromatic N) is 2. The number of aromatic nitrogens is 1. The molecule has 0 fully saturated rings. The molecule has 1 atom stereocenters. The third kappa shape index (κ3) is 6.32. The molecule has 0 bridgehead atoms. The van der Waals surface area contributed by atoms with Gasteiger partial charge in [0.05, 0.1) is 42.2 Å². The van der Waals surface area contributed by atoms with Crippen LogP contribution in [-0.4, -0.2) is 43.4 Å². The first kappa shape index (κ1) is 30.4. The van der Waals surface area contributed by atoms with Crippen molar-refractivity contribution in [3.05, 3.63) is 121 Å². The standard InChI is InChI=1S/C33H29FN2O7S/c1-4-41-27(37)19-43-24-16-11-20(17-25(24)40-3)18-26-31(38)36-30(22-12-14-23(34)15-13-22)28(32(39)42-5-2)29(35-33(36)44-26)21-9-7-6-8-10-21/h6-18,30H,4-5,19H2,1-3H3/t30-/m1/s1. The largest absolute Gasteiger partial charge is 0.493 e. The van der Waals surface area contributed by atoms with Gasteiger partial charge in [-0.15, -0.1) is 0 Å². The number of rotatable bonds is 10. The highest BCUT2D eigenvalue weighted by Crippen LogP contribution is 2.35. The summed E-state index contributed by atoms with van der Waals surface area (Å²) in [7, 11) is 1.47. The van der Waals surface area contributed by atoms with Crippen molar-refractivity contribution in [2.24, 2.45) is 4.99 Å². The monoisotopic (exact) mass is 616 g/mol. The molecule has 9 nitrogen and oxygen atoms in total. The number of hydrogen-bond acceptors (Lipinski definition) is 9. The second-order valence-electron chi connectivity index (χ2n) is 9.49. The molecular formula is C33H29FN2O7S. The molecule has 0 aliphatic carbocycles. The minimum Gasteiger partial charge on any atom is -0.493 e. The van der Waals surface area contributed by atoms with Gasteiger partial charge in [-0.25, -0.2) is 19.0 Å². The summed E-state index contributed by atoms with van der Waals surface area (Å²) >= 11 is 1.16. The Labute approximate surface area is 256 Å². The van der Waals surface area contributed by atoms with Gasteiger partial charge in [0, 0.05) is 5.56 Å². The SMILES string of the molecule is CCOC(=O)COc1ccc(C=c2sc3n(c2=O)[C@H](c2ccc(F)cc2)C(C(=O)OCC)=C(c2ccccc2)N=3)cc1OC. The lowest BCUT2D eigenvalue weighted by Crippen LogP contribution is -2.40. The summed E-state index contributed by atoms with van der Waals surface area (Å²) in [5.41, 5.74) is 1.98. The van der Waals surface area contributed by atoms with Gasteiger partial charge in [0.1, 0.15) is 5.82 Å². The third-order valence-corrected chi connectivity index (χ3v) is 7.68. The van der Waals surface area contributed by atoms with E-state index in [9.17, 15) is 18.8 Å². The molecule has 0 amide bonds. The maximum atomic E-state index is 14.0. The summed E-state index contributed by atoms with van der Waals surface area (Å²) in [5, 5.41) is 0. The van der Waals surface area contributed by atoms with Crippen molar-refractivity contribution >= 4 is 35.0 Å². The fraction of sp³-hybridized carbons (Fsp3) is 0.212. The predicted molar refractivity (Wildman–Crippen MR) is 163 cm³/mol. The average Bonchev–Trinajstić information content (AvgIpc) is 3.34. The van der Waals surface area contributed by atoms with Crippen LogP contribution < -0.4 is 24.4 Å². The molecule has 4 aromatic rings. The summed E-state index contributed by atoms with van der Waals surface area (Å²) in [4.78, 5) is 44.4. The first-order chi connectivity index (χ1) is 21.3. The molecule has 1 aliphatic rings. The summed E-state index contributed by atoms with van der Waals surface area (Å²) in [6, 6.07) is 18.9. The van der Waals surface area contributed by atoms with Gasteiger partial charge < -0.3 is 18.9 Å². The molecule has 44 heavy (non-hydrogen) atoms. The number of carbonyl (C=O) groups excluding carboxylic acids is 2. The van der Waals surface area contributed by atoms with E-state index in [0.717, 1.165) is 11.3 Å². The van der Waals surface area contributed by atoms with Crippen LogP contribution in [-0.2, 0) is 19.1 Å². The van der Waals surface area contributed by atoms with Crippen LogP contribution in [0, 0.1) is 5.82 Å². The van der Waals surface area contributed by atoms with Crippen LogP contribution in [0.5, 0.6) is 11.5 Å². The third-order valence-electron chi connectivity index (χ3n) is 6.70. The summed E-state index contributed by atoms with van der Waals surface area (Å²) in [6.07, 6.45) is 1.68. The molecule has 0 spiro atoms. The number of thiazole rings is 1. The van der Waals surface area contributed by atoms with Crippen molar-refractivity contribution in [1.82, 2.24) is 4.57 Å². The maximum absolute atomic E-state index is 14.0. The van der Waals surface area contributed by atoms with Crippen LogP contribution in [0.3, 0.4) is 0 Å². The molecule has 0 radical (unpaired) electrons. The van der Waals surface area contributed by atoms with Gasteiger partial charge in [-0.1, -0.05) is 59.9 Å². The highest BCUT2D eigenvalue weighted by atomic mass is 32.1. The lowest BCUT2D eigenvalue weighted by Gasteiger charge is -2.25. The van der Waals surface area contributed by atoms with Crippen molar-refractivity contribution in [2.45, 2.75) is 19.9 Å². The zero-order valence-corrected chi connectivity index (χ0v) is 25.1. The van der Waals surface area contributed by atoms with Crippen LogP contribution in [0.4, 0.5) is 4.39 Å². The van der Waals surface area contributed by atoms with E-state index in [-0.39, 0.29) is 25.4 Å². The zero-order chi connectivity index (χ0) is 31.2. The number of carbonyl (C=O) groups is 2. The molecule has 1 aliphatic heterocycles. The Balaban J connectivity index is 1.67. The normalized spacial score (nSPS) is 14.5. The van der Waals surface area contributed by atoms with Crippen LogP contribution >= 0.6 is 11.3 Å². The lowest BCUT2D eigenvalue weighted by atomic mass is 9.93. The molecule has 2 heterocycles. The molecule has 226 valence electrons. The van der Waals surface area contributed by atoms with E-state index in [4.69, 9.17) is 23.9 Å². The van der Waals surface area contributed by atoms with E-state index in [1.54, 1.807) is 50.3 Å². The average molecular weight is 617 g/mol. The van der Waals surface area contributed by atoms with Gasteiger partial charge in [0.25, 0.3) is 5.56 Å². The Morgan fingerprint density at radius 1 is 0.977 bits per heavy atom. The fourth-order valence-corrected chi connectivity index (χ4v) is 5.79. The first-order valence-electron chi connectivity index (χ1n) is 13.8. The molecule has 1 aromatic heterocycles. The van der Waals surface area contributed by atoms with Gasteiger partial charge in [0.2, 0.25) is 0 Å². The van der Waals surface area contributed by atoms with Crippen molar-refractivity contribution < 1.29 is 32.9 Å². The molecule has 0 saturated carbocycles. The number of fused-ring (bicyclic) bond motifs is 1. The molecule has 0 N–H and O–H groups in total. The van der Waals surface area contributed by atoms with E-state index in [0.29, 0.717) is 43.2 Å². The van der Waals surface area contributed by atoms with E-state index >= 15 is 0 Å². The number of methoxy groups -OCH3 is 1. The van der Waals surface area contributed by atoms with Crippen molar-refractivity contribution in [2.75, 3.05) is 26.9 Å². The topological polar surface area (TPSA) is 105 Å². The summed E-state index contributed by atoms with van der Waals surface area (Å²) < 4.78 is 37.1. The van der Waals surface area contributed by atoms with E-state index in [2.05, 4.69) is 0 Å². The smallest absolute Gasteiger partial charge is 0.344 e. The van der Waals surface area contributed by atoms with Crippen LogP contribution in [0.1, 0.15) is 36.6 Å². The number of ether oxygens (including phenoxy) is 4. The van der Waals surface area contributed by atoms with Gasteiger partial charge >= 0.3 is 11.9 Å². The first-order valence-corrected chi connectivity index (χ1v) is 14.7. The van der Waals surface area contributed by atoms with Gasteiger partial charge in [-0.05, 0) is 55.3 Å². The quantitative estimate of drug-likeness (QED) is 0.248. The highest BCUT2D eigenvalue weighted by molar-refractivity contribution is 7.07. The molecule has 11 heteroatoms. The highest BCUT2D eigenvalue weighted by Gasteiger charge is 2.35. The second kappa shape index (κ2) is 13.5. The predicted octanol–water partition coefficient (Wildman–Crippen LogP) is 4.03. The Kier molecular flexibility index (Phi) is 9.35. The van der Waals surface area contributed by atoms with Crippen LogP contribution in [0.15, 0.2) is 88.2 Å². The number of halogens is 1. The zero-order valence-electron chi connectivity index (χ0n) is 24.2. The Bertz CT molecular complexity index is 1900. The second-order valence-corrected chi connectivity index (χ2v) is 10.5. The van der Waals surface area contributed by atoms with E-state index in [1.807, 2.05) is 30.3 Å². The Morgan fingerprint density at radius 2 is 1.70 bits per heavy atom. The molecule has 3 aromatic carbocycles. The van der Waals surface area contributed by atoms with Crippen molar-refractivity contribution in [1.29, 1.82) is 0 Å². The summed E-state index contributed by atoms with van der Waals surface area (Å²) in [6.45, 7) is 3.49. The lowest BCUT2D eigenvalue weighted by molar-refractivity contribution is -0.145. The Hall–Kier alpha value is -5.03. The molecular weight excluding hydrogens is 587 g/mol. The van der Waals surface area contributed by atoms with Crippen molar-refractivity contribution in [3.63, 3.8) is 0 Å².